The number of hydrogen-bond donors (Lipinski definition) is 0. The van der Waals surface area contributed by atoms with Crippen LogP contribution < -0.4 is 9.47 Å². The summed E-state index contributed by atoms with van der Waals surface area (Å²) in [5, 5.41) is 12.3. The van der Waals surface area contributed by atoms with Crippen LogP contribution in [-0.2, 0) is 5.75 Å². The molecule has 130 valence electrons. The van der Waals surface area contributed by atoms with Gasteiger partial charge in [0.05, 0.1) is 7.11 Å². The minimum atomic E-state index is -2.83. The molecule has 3 aromatic rings. The van der Waals surface area contributed by atoms with Gasteiger partial charge in [0, 0.05) is 5.75 Å². The molecule has 0 bridgehead atoms. The Morgan fingerprint density at radius 1 is 1.12 bits per heavy atom. The molecule has 0 aliphatic heterocycles. The van der Waals surface area contributed by atoms with E-state index in [2.05, 4.69) is 20.3 Å². The molecule has 1 aromatic heterocycles. The van der Waals surface area contributed by atoms with E-state index in [0.29, 0.717) is 16.7 Å². The fourth-order valence-electron chi connectivity index (χ4n) is 2.14. The molecular weight excluding hydrogens is 350 g/mol. The van der Waals surface area contributed by atoms with Crippen molar-refractivity contribution in [2.24, 2.45) is 0 Å². The molecule has 3 rings (SSSR count). The van der Waals surface area contributed by atoms with E-state index in [1.807, 2.05) is 24.3 Å². The maximum atomic E-state index is 12.2. The number of ether oxygens (including phenoxy) is 2. The quantitative estimate of drug-likeness (QED) is 0.598. The van der Waals surface area contributed by atoms with Gasteiger partial charge < -0.3 is 9.47 Å². The average Bonchev–Trinajstić information content (AvgIpc) is 3.09. The van der Waals surface area contributed by atoms with Crippen molar-refractivity contribution >= 4 is 11.8 Å². The van der Waals surface area contributed by atoms with Crippen LogP contribution in [0.4, 0.5) is 8.78 Å². The molecule has 0 saturated carbocycles. The smallest absolute Gasteiger partial charge is 0.387 e. The standard InChI is InChI=1S/C16H14F2N4O2S/c1-23-14-5-3-2-4-13(14)22-16(19-20-21-22)25-10-11-6-8-12(9-7-11)24-15(17)18/h2-9,15H,10H2,1H3. The van der Waals surface area contributed by atoms with E-state index in [-0.39, 0.29) is 5.75 Å². The van der Waals surface area contributed by atoms with Crippen molar-refractivity contribution in [3.8, 4) is 17.2 Å². The van der Waals surface area contributed by atoms with E-state index in [4.69, 9.17) is 4.74 Å². The summed E-state index contributed by atoms with van der Waals surface area (Å²) in [6, 6.07) is 13.9. The first-order chi connectivity index (χ1) is 12.2. The van der Waals surface area contributed by atoms with Crippen LogP contribution in [0.3, 0.4) is 0 Å². The van der Waals surface area contributed by atoms with E-state index >= 15 is 0 Å². The highest BCUT2D eigenvalue weighted by atomic mass is 32.2. The van der Waals surface area contributed by atoms with Crippen molar-refractivity contribution in [1.82, 2.24) is 20.2 Å². The number of aromatic nitrogens is 4. The van der Waals surface area contributed by atoms with Crippen molar-refractivity contribution < 1.29 is 18.3 Å². The van der Waals surface area contributed by atoms with E-state index in [0.717, 1.165) is 11.3 Å². The summed E-state index contributed by atoms with van der Waals surface area (Å²) in [6.07, 6.45) is 0. The molecule has 25 heavy (non-hydrogen) atoms. The monoisotopic (exact) mass is 364 g/mol. The Bertz CT molecular complexity index is 827. The number of methoxy groups -OCH3 is 1. The van der Waals surface area contributed by atoms with Crippen molar-refractivity contribution in [3.63, 3.8) is 0 Å². The van der Waals surface area contributed by atoms with Crippen molar-refractivity contribution in [3.05, 3.63) is 54.1 Å². The number of para-hydroxylation sites is 2. The van der Waals surface area contributed by atoms with E-state index < -0.39 is 6.61 Å². The second kappa shape index (κ2) is 7.93. The lowest BCUT2D eigenvalue weighted by Crippen LogP contribution is -2.02. The molecule has 0 aliphatic carbocycles. The normalized spacial score (nSPS) is 10.9. The zero-order chi connectivity index (χ0) is 17.6. The zero-order valence-electron chi connectivity index (χ0n) is 13.2. The summed E-state index contributed by atoms with van der Waals surface area (Å²) < 4.78 is 35.6. The lowest BCUT2D eigenvalue weighted by atomic mass is 10.2. The first-order valence-electron chi connectivity index (χ1n) is 7.25. The zero-order valence-corrected chi connectivity index (χ0v) is 14.0. The van der Waals surface area contributed by atoms with Gasteiger partial charge in [-0.2, -0.15) is 13.5 Å². The van der Waals surface area contributed by atoms with E-state index in [9.17, 15) is 8.78 Å². The predicted octanol–water partition coefficient (Wildman–Crippen LogP) is 3.56. The maximum absolute atomic E-state index is 12.2. The SMILES string of the molecule is COc1ccccc1-n1nnnc1SCc1ccc(OC(F)F)cc1. The molecule has 0 saturated heterocycles. The molecule has 2 aromatic carbocycles. The number of thioether (sulfide) groups is 1. The first-order valence-corrected chi connectivity index (χ1v) is 8.24. The summed E-state index contributed by atoms with van der Waals surface area (Å²) in [5.74, 6) is 1.36. The highest BCUT2D eigenvalue weighted by Gasteiger charge is 2.13. The molecule has 0 aliphatic rings. The molecule has 0 radical (unpaired) electrons. The van der Waals surface area contributed by atoms with Gasteiger partial charge in [-0.3, -0.25) is 0 Å². The summed E-state index contributed by atoms with van der Waals surface area (Å²) in [4.78, 5) is 0. The Morgan fingerprint density at radius 3 is 2.60 bits per heavy atom. The molecule has 0 atom stereocenters. The number of benzene rings is 2. The minimum absolute atomic E-state index is 0.127. The Morgan fingerprint density at radius 2 is 1.88 bits per heavy atom. The van der Waals surface area contributed by atoms with Crippen LogP contribution in [0.5, 0.6) is 11.5 Å². The molecule has 0 fully saturated rings. The summed E-state index contributed by atoms with van der Waals surface area (Å²) >= 11 is 1.42. The fraction of sp³-hybridized carbons (Fsp3) is 0.188. The van der Waals surface area contributed by atoms with Crippen molar-refractivity contribution in [2.75, 3.05) is 7.11 Å². The Labute approximate surface area is 146 Å². The van der Waals surface area contributed by atoms with Gasteiger partial charge in [0.1, 0.15) is 17.2 Å². The van der Waals surface area contributed by atoms with Gasteiger partial charge in [-0.1, -0.05) is 36.0 Å². The lowest BCUT2D eigenvalue weighted by molar-refractivity contribution is -0.0498. The topological polar surface area (TPSA) is 62.1 Å². The predicted molar refractivity (Wildman–Crippen MR) is 88.3 cm³/mol. The molecular formula is C16H14F2N4O2S. The van der Waals surface area contributed by atoms with Crippen molar-refractivity contribution in [1.29, 1.82) is 0 Å². The number of hydrogen-bond acceptors (Lipinski definition) is 6. The highest BCUT2D eigenvalue weighted by Crippen LogP contribution is 2.27. The summed E-state index contributed by atoms with van der Waals surface area (Å²) in [7, 11) is 1.58. The van der Waals surface area contributed by atoms with Gasteiger partial charge in [0.25, 0.3) is 0 Å². The van der Waals surface area contributed by atoms with Crippen LogP contribution in [0.25, 0.3) is 5.69 Å². The molecule has 0 N–H and O–H groups in total. The van der Waals surface area contributed by atoms with E-state index in [1.165, 1.54) is 23.9 Å². The molecule has 0 unspecified atom stereocenters. The third-order valence-corrected chi connectivity index (χ3v) is 4.26. The van der Waals surface area contributed by atoms with Gasteiger partial charge in [0.2, 0.25) is 5.16 Å². The molecule has 9 heteroatoms. The first kappa shape index (κ1) is 17.2. The van der Waals surface area contributed by atoms with Crippen LogP contribution in [0.2, 0.25) is 0 Å². The van der Waals surface area contributed by atoms with Gasteiger partial charge in [-0.05, 0) is 40.3 Å². The van der Waals surface area contributed by atoms with Crippen LogP contribution in [-0.4, -0.2) is 33.9 Å². The number of nitrogens with zero attached hydrogens (tertiary/aromatic N) is 4. The number of tetrazole rings is 1. The van der Waals surface area contributed by atoms with Gasteiger partial charge in [-0.15, -0.1) is 5.10 Å². The molecule has 0 spiro atoms. The minimum Gasteiger partial charge on any atom is -0.494 e. The number of halogens is 2. The van der Waals surface area contributed by atoms with Crippen LogP contribution in [0, 0.1) is 0 Å². The molecule has 0 amide bonds. The third-order valence-electron chi connectivity index (χ3n) is 3.27. The Kier molecular flexibility index (Phi) is 5.44. The average molecular weight is 364 g/mol. The second-order valence-electron chi connectivity index (χ2n) is 4.86. The third kappa shape index (κ3) is 4.24. The summed E-state index contributed by atoms with van der Waals surface area (Å²) in [5.41, 5.74) is 1.67. The lowest BCUT2D eigenvalue weighted by Gasteiger charge is -2.09. The second-order valence-corrected chi connectivity index (χ2v) is 5.80. The highest BCUT2D eigenvalue weighted by molar-refractivity contribution is 7.98. The number of rotatable bonds is 7. The van der Waals surface area contributed by atoms with Crippen LogP contribution in [0.15, 0.2) is 53.7 Å². The van der Waals surface area contributed by atoms with Gasteiger partial charge >= 0.3 is 6.61 Å². The Balaban J connectivity index is 1.72. The van der Waals surface area contributed by atoms with Crippen LogP contribution in [0.1, 0.15) is 5.56 Å². The largest absolute Gasteiger partial charge is 0.494 e. The van der Waals surface area contributed by atoms with Gasteiger partial charge in [-0.25, -0.2) is 0 Å². The van der Waals surface area contributed by atoms with Crippen LogP contribution >= 0.6 is 11.8 Å². The van der Waals surface area contributed by atoms with Gasteiger partial charge in [0.15, 0.2) is 0 Å². The molecule has 6 nitrogen and oxygen atoms in total. The fourth-order valence-corrected chi connectivity index (χ4v) is 2.98. The van der Waals surface area contributed by atoms with E-state index in [1.54, 1.807) is 23.9 Å². The summed E-state index contributed by atoms with van der Waals surface area (Å²) in [6.45, 7) is -2.83. The number of alkyl halides is 2. The maximum Gasteiger partial charge on any atom is 0.387 e. The van der Waals surface area contributed by atoms with Crippen molar-refractivity contribution in [2.45, 2.75) is 17.5 Å². The Hall–Kier alpha value is -2.68. The molecule has 1 heterocycles.